The summed E-state index contributed by atoms with van der Waals surface area (Å²) in [5.74, 6) is -1.58. The van der Waals surface area contributed by atoms with Gasteiger partial charge in [0.05, 0.1) is 5.56 Å². The van der Waals surface area contributed by atoms with Crippen molar-refractivity contribution in [2.45, 2.75) is 32.9 Å². The zero-order valence-electron chi connectivity index (χ0n) is 12.9. The summed E-state index contributed by atoms with van der Waals surface area (Å²) in [6.07, 6.45) is 0. The van der Waals surface area contributed by atoms with Crippen molar-refractivity contribution in [3.63, 3.8) is 0 Å². The molecule has 2 rings (SSSR count). The highest BCUT2D eigenvalue weighted by molar-refractivity contribution is 5.87. The van der Waals surface area contributed by atoms with Crippen molar-refractivity contribution in [3.05, 3.63) is 35.1 Å². The molecule has 4 nitrogen and oxygen atoms in total. The maximum Gasteiger partial charge on any atom is 0.335 e. The van der Waals surface area contributed by atoms with Crippen LogP contribution in [0.2, 0.25) is 0 Å². The molecule has 1 fully saturated rings. The summed E-state index contributed by atoms with van der Waals surface area (Å²) in [6.45, 7) is 11.0. The Kier molecular flexibility index (Phi) is 4.64. The van der Waals surface area contributed by atoms with E-state index in [2.05, 4.69) is 30.6 Å². The van der Waals surface area contributed by atoms with Gasteiger partial charge in [-0.15, -0.1) is 0 Å². The first-order valence-electron chi connectivity index (χ1n) is 7.26. The summed E-state index contributed by atoms with van der Waals surface area (Å²) in [6, 6.07) is 4.04. The van der Waals surface area contributed by atoms with Crippen LogP contribution in [0, 0.1) is 5.82 Å². The Morgan fingerprint density at radius 2 is 1.81 bits per heavy atom. The third kappa shape index (κ3) is 4.25. The van der Waals surface area contributed by atoms with E-state index in [4.69, 9.17) is 5.11 Å². The Labute approximate surface area is 125 Å². The normalized spacial score (nSPS) is 17.9. The number of nitrogens with zero attached hydrogens (tertiary/aromatic N) is 2. The minimum Gasteiger partial charge on any atom is -0.478 e. The molecule has 0 spiro atoms. The highest BCUT2D eigenvalue weighted by atomic mass is 19.1. The van der Waals surface area contributed by atoms with E-state index in [1.54, 1.807) is 6.07 Å². The molecule has 116 valence electrons. The Balaban J connectivity index is 1.99. The number of rotatable bonds is 3. The monoisotopic (exact) mass is 294 g/mol. The van der Waals surface area contributed by atoms with Gasteiger partial charge in [0.25, 0.3) is 0 Å². The lowest BCUT2D eigenvalue weighted by Gasteiger charge is -2.42. The van der Waals surface area contributed by atoms with Gasteiger partial charge in [-0.2, -0.15) is 0 Å². The van der Waals surface area contributed by atoms with Crippen molar-refractivity contribution >= 4 is 5.97 Å². The van der Waals surface area contributed by atoms with Crippen molar-refractivity contribution in [2.75, 3.05) is 26.2 Å². The maximum absolute atomic E-state index is 13.5. The third-order valence-electron chi connectivity index (χ3n) is 3.93. The third-order valence-corrected chi connectivity index (χ3v) is 3.93. The van der Waals surface area contributed by atoms with Crippen LogP contribution in [0.15, 0.2) is 18.2 Å². The molecule has 0 unspecified atom stereocenters. The molecule has 21 heavy (non-hydrogen) atoms. The summed E-state index contributed by atoms with van der Waals surface area (Å²) in [7, 11) is 0. The van der Waals surface area contributed by atoms with Crippen molar-refractivity contribution < 1.29 is 14.3 Å². The number of carboxylic acids is 1. The van der Waals surface area contributed by atoms with E-state index in [0.717, 1.165) is 37.8 Å². The number of piperazine rings is 1. The molecule has 5 heteroatoms. The fourth-order valence-corrected chi connectivity index (χ4v) is 2.70. The van der Waals surface area contributed by atoms with E-state index in [9.17, 15) is 9.18 Å². The lowest BCUT2D eigenvalue weighted by atomic mass is 10.0. The molecule has 0 bridgehead atoms. The molecule has 0 saturated carbocycles. The van der Waals surface area contributed by atoms with E-state index >= 15 is 0 Å². The first kappa shape index (κ1) is 15.9. The molecule has 0 aromatic heterocycles. The molecular weight excluding hydrogens is 271 g/mol. The van der Waals surface area contributed by atoms with Gasteiger partial charge in [0.1, 0.15) is 5.82 Å². The molecule has 1 aliphatic heterocycles. The van der Waals surface area contributed by atoms with Crippen LogP contribution < -0.4 is 0 Å². The van der Waals surface area contributed by atoms with Gasteiger partial charge in [0.15, 0.2) is 0 Å². The summed E-state index contributed by atoms with van der Waals surface area (Å²) in [5, 5.41) is 8.98. The number of aromatic carboxylic acids is 1. The highest BCUT2D eigenvalue weighted by Crippen LogP contribution is 2.18. The van der Waals surface area contributed by atoms with Crippen molar-refractivity contribution in [1.29, 1.82) is 0 Å². The van der Waals surface area contributed by atoms with Gasteiger partial charge in [0, 0.05) is 38.3 Å². The van der Waals surface area contributed by atoms with Gasteiger partial charge in [-0.25, -0.2) is 9.18 Å². The molecule has 0 atom stereocenters. The first-order valence-corrected chi connectivity index (χ1v) is 7.26. The Morgan fingerprint density at radius 1 is 1.19 bits per heavy atom. The van der Waals surface area contributed by atoms with Crippen molar-refractivity contribution in [1.82, 2.24) is 9.80 Å². The minimum atomic E-state index is -1.09. The number of carboxylic acid groups (broad SMARTS) is 1. The van der Waals surface area contributed by atoms with Crippen LogP contribution in [0.5, 0.6) is 0 Å². The quantitative estimate of drug-likeness (QED) is 0.930. The predicted octanol–water partition coefficient (Wildman–Crippen LogP) is 2.44. The molecule has 0 aliphatic carbocycles. The van der Waals surface area contributed by atoms with Gasteiger partial charge in [-0.05, 0) is 44.5 Å². The van der Waals surface area contributed by atoms with Gasteiger partial charge in [0.2, 0.25) is 0 Å². The second-order valence-corrected chi connectivity index (χ2v) is 6.59. The van der Waals surface area contributed by atoms with Crippen LogP contribution in [-0.4, -0.2) is 52.6 Å². The zero-order valence-corrected chi connectivity index (χ0v) is 12.9. The van der Waals surface area contributed by atoms with E-state index in [0.29, 0.717) is 6.54 Å². The molecule has 1 aromatic rings. The van der Waals surface area contributed by atoms with Crippen LogP contribution in [0.25, 0.3) is 0 Å². The standard InChI is InChI=1S/C16H23FN2O2/c1-16(2,3)19-6-4-18(5-7-19)11-12-8-13(15(20)21)10-14(17)9-12/h8-10H,4-7,11H2,1-3H3,(H,20,21). The Bertz CT molecular complexity index is 517. The summed E-state index contributed by atoms with van der Waals surface area (Å²) >= 11 is 0. The topological polar surface area (TPSA) is 43.8 Å². The van der Waals surface area contributed by atoms with Crippen molar-refractivity contribution in [2.24, 2.45) is 0 Å². The smallest absolute Gasteiger partial charge is 0.335 e. The van der Waals surface area contributed by atoms with Crippen LogP contribution in [0.4, 0.5) is 4.39 Å². The fourth-order valence-electron chi connectivity index (χ4n) is 2.70. The Morgan fingerprint density at radius 3 is 2.33 bits per heavy atom. The van der Waals surface area contributed by atoms with Gasteiger partial charge in [-0.3, -0.25) is 9.80 Å². The molecule has 1 heterocycles. The van der Waals surface area contributed by atoms with E-state index < -0.39 is 11.8 Å². The Hall–Kier alpha value is -1.46. The van der Waals surface area contributed by atoms with Crippen LogP contribution >= 0.6 is 0 Å². The average molecular weight is 294 g/mol. The van der Waals surface area contributed by atoms with Crippen LogP contribution in [0.3, 0.4) is 0 Å². The van der Waals surface area contributed by atoms with Gasteiger partial charge < -0.3 is 5.11 Å². The number of halogens is 1. The highest BCUT2D eigenvalue weighted by Gasteiger charge is 2.25. The lowest BCUT2D eigenvalue weighted by Crippen LogP contribution is -2.53. The average Bonchev–Trinajstić information content (AvgIpc) is 2.37. The predicted molar refractivity (Wildman–Crippen MR) is 80.0 cm³/mol. The zero-order chi connectivity index (χ0) is 15.6. The van der Waals surface area contributed by atoms with Crippen molar-refractivity contribution in [3.8, 4) is 0 Å². The molecule has 0 amide bonds. The van der Waals surface area contributed by atoms with E-state index in [1.165, 1.54) is 6.07 Å². The molecule has 1 aliphatic rings. The second kappa shape index (κ2) is 6.12. The maximum atomic E-state index is 13.5. The second-order valence-electron chi connectivity index (χ2n) is 6.59. The molecule has 0 radical (unpaired) electrons. The lowest BCUT2D eigenvalue weighted by molar-refractivity contribution is 0.0589. The summed E-state index contributed by atoms with van der Waals surface area (Å²) < 4.78 is 13.5. The number of benzene rings is 1. The SMILES string of the molecule is CC(C)(C)N1CCN(Cc2cc(F)cc(C(=O)O)c2)CC1. The minimum absolute atomic E-state index is 0.0123. The number of hydrogen-bond donors (Lipinski definition) is 1. The number of carbonyl (C=O) groups is 1. The van der Waals surface area contributed by atoms with Gasteiger partial charge in [-0.1, -0.05) is 0 Å². The van der Waals surface area contributed by atoms with Crippen LogP contribution in [0.1, 0.15) is 36.7 Å². The molecule has 1 N–H and O–H groups in total. The van der Waals surface area contributed by atoms with E-state index in [1.807, 2.05) is 0 Å². The summed E-state index contributed by atoms with van der Waals surface area (Å²) in [4.78, 5) is 15.6. The van der Waals surface area contributed by atoms with Crippen LogP contribution in [-0.2, 0) is 6.54 Å². The first-order chi connectivity index (χ1) is 9.75. The van der Waals surface area contributed by atoms with E-state index in [-0.39, 0.29) is 11.1 Å². The fraction of sp³-hybridized carbons (Fsp3) is 0.562. The molecule has 1 saturated heterocycles. The largest absolute Gasteiger partial charge is 0.478 e. The van der Waals surface area contributed by atoms with Gasteiger partial charge >= 0.3 is 5.97 Å². The summed E-state index contributed by atoms with van der Waals surface area (Å²) in [5.41, 5.74) is 0.899. The number of hydrogen-bond acceptors (Lipinski definition) is 3. The molecular formula is C16H23FN2O2. The molecule has 1 aromatic carbocycles.